The maximum atomic E-state index is 12.7. The van der Waals surface area contributed by atoms with E-state index in [0.29, 0.717) is 17.4 Å². The molecule has 2 aliphatic heterocycles. The van der Waals surface area contributed by atoms with Crippen molar-refractivity contribution in [2.75, 3.05) is 31.1 Å². The minimum absolute atomic E-state index is 0.0670. The number of hydrogen-bond acceptors (Lipinski definition) is 4. The molecule has 0 spiro atoms. The molecule has 2 saturated heterocycles. The quantitative estimate of drug-likeness (QED) is 0.922. The van der Waals surface area contributed by atoms with E-state index in [2.05, 4.69) is 16.0 Å². The van der Waals surface area contributed by atoms with Crippen LogP contribution in [0.4, 0.5) is 5.69 Å². The van der Waals surface area contributed by atoms with Crippen molar-refractivity contribution in [3.8, 4) is 5.75 Å². The average Bonchev–Trinajstić information content (AvgIpc) is 3.06. The molecule has 0 bridgehead atoms. The Bertz CT molecular complexity index is 717. The summed E-state index contributed by atoms with van der Waals surface area (Å²) < 4.78 is 0. The molecular formula is C19H21N3O2. The molecule has 0 radical (unpaired) electrons. The van der Waals surface area contributed by atoms with Gasteiger partial charge in [-0.3, -0.25) is 9.78 Å². The minimum atomic E-state index is 0.0670. The van der Waals surface area contributed by atoms with E-state index in [9.17, 15) is 9.90 Å². The molecule has 0 aliphatic carbocycles. The minimum Gasteiger partial charge on any atom is -0.508 e. The Kier molecular flexibility index (Phi) is 3.84. The van der Waals surface area contributed by atoms with E-state index in [1.807, 2.05) is 17.2 Å². The molecule has 124 valence electrons. The first kappa shape index (κ1) is 15.0. The second kappa shape index (κ2) is 6.15. The van der Waals surface area contributed by atoms with Gasteiger partial charge in [-0.25, -0.2) is 0 Å². The van der Waals surface area contributed by atoms with Gasteiger partial charge in [0, 0.05) is 37.9 Å². The molecule has 0 unspecified atom stereocenters. The van der Waals surface area contributed by atoms with E-state index in [1.165, 1.54) is 5.69 Å². The van der Waals surface area contributed by atoms with E-state index < -0.39 is 0 Å². The number of benzene rings is 1. The van der Waals surface area contributed by atoms with Crippen molar-refractivity contribution in [2.45, 2.75) is 6.42 Å². The number of fused-ring (bicyclic) bond motifs is 1. The smallest absolute Gasteiger partial charge is 0.253 e. The summed E-state index contributed by atoms with van der Waals surface area (Å²) in [5, 5.41) is 9.37. The number of phenolic OH excluding ortho intramolecular Hbond substituents is 1. The highest BCUT2D eigenvalue weighted by Crippen LogP contribution is 2.33. The number of aromatic nitrogens is 1. The molecule has 5 heteroatoms. The molecule has 2 atom stereocenters. The SMILES string of the molecule is O=C(c1ccc(O)cc1)N1C[C@@H]2CCN(c3cccnc3)C[C@@H]2C1. The normalized spacial score (nSPS) is 23.2. The lowest BCUT2D eigenvalue weighted by atomic mass is 9.88. The number of pyridine rings is 1. The Balaban J connectivity index is 1.44. The van der Waals surface area contributed by atoms with E-state index in [4.69, 9.17) is 0 Å². The first-order valence-corrected chi connectivity index (χ1v) is 8.44. The summed E-state index contributed by atoms with van der Waals surface area (Å²) in [5.74, 6) is 1.35. The molecule has 24 heavy (non-hydrogen) atoms. The second-order valence-corrected chi connectivity index (χ2v) is 6.72. The molecule has 1 aromatic carbocycles. The van der Waals surface area contributed by atoms with Gasteiger partial charge in [-0.15, -0.1) is 0 Å². The lowest BCUT2D eigenvalue weighted by Gasteiger charge is -2.35. The van der Waals surface area contributed by atoms with Crippen molar-refractivity contribution in [3.05, 3.63) is 54.4 Å². The molecule has 5 nitrogen and oxygen atoms in total. The van der Waals surface area contributed by atoms with Gasteiger partial charge in [0.15, 0.2) is 0 Å². The number of carbonyl (C=O) groups is 1. The standard InChI is InChI=1S/C19H21N3O2/c23-18-5-3-14(4-6-18)19(24)22-11-15-7-9-21(12-16(15)13-22)17-2-1-8-20-10-17/h1-6,8,10,15-16,23H,7,9,11-13H2/t15-,16+/m0/s1. The monoisotopic (exact) mass is 323 g/mol. The fraction of sp³-hybridized carbons (Fsp3) is 0.368. The number of carbonyl (C=O) groups excluding carboxylic acids is 1. The molecule has 2 aliphatic rings. The van der Waals surface area contributed by atoms with Crippen molar-refractivity contribution < 1.29 is 9.90 Å². The summed E-state index contributed by atoms with van der Waals surface area (Å²) in [6.07, 6.45) is 4.82. The van der Waals surface area contributed by atoms with Crippen LogP contribution < -0.4 is 4.90 Å². The van der Waals surface area contributed by atoms with Crippen molar-refractivity contribution in [2.24, 2.45) is 11.8 Å². The van der Waals surface area contributed by atoms with Gasteiger partial charge in [-0.2, -0.15) is 0 Å². The number of amides is 1. The highest BCUT2D eigenvalue weighted by Gasteiger charge is 2.39. The van der Waals surface area contributed by atoms with Gasteiger partial charge in [0.2, 0.25) is 0 Å². The van der Waals surface area contributed by atoms with Gasteiger partial charge in [-0.1, -0.05) is 0 Å². The van der Waals surface area contributed by atoms with Gasteiger partial charge < -0.3 is 14.9 Å². The van der Waals surface area contributed by atoms with Crippen LogP contribution in [-0.4, -0.2) is 47.1 Å². The van der Waals surface area contributed by atoms with Crippen molar-refractivity contribution >= 4 is 11.6 Å². The van der Waals surface area contributed by atoms with Crippen LogP contribution in [0.1, 0.15) is 16.8 Å². The maximum absolute atomic E-state index is 12.7. The van der Waals surface area contributed by atoms with Gasteiger partial charge in [-0.05, 0) is 54.7 Å². The largest absolute Gasteiger partial charge is 0.508 e. The molecule has 3 heterocycles. The number of piperidine rings is 1. The van der Waals surface area contributed by atoms with Crippen LogP contribution in [0.3, 0.4) is 0 Å². The lowest BCUT2D eigenvalue weighted by molar-refractivity contribution is 0.0784. The third-order valence-electron chi connectivity index (χ3n) is 5.21. The predicted molar refractivity (Wildman–Crippen MR) is 92.1 cm³/mol. The molecule has 2 fully saturated rings. The second-order valence-electron chi connectivity index (χ2n) is 6.72. The molecule has 1 aromatic heterocycles. The van der Waals surface area contributed by atoms with Crippen molar-refractivity contribution in [1.29, 1.82) is 0 Å². The van der Waals surface area contributed by atoms with Gasteiger partial charge in [0.05, 0.1) is 11.9 Å². The summed E-state index contributed by atoms with van der Waals surface area (Å²) in [6, 6.07) is 10.6. The molecule has 4 rings (SSSR count). The number of anilines is 1. The van der Waals surface area contributed by atoms with Gasteiger partial charge >= 0.3 is 0 Å². The van der Waals surface area contributed by atoms with Crippen LogP contribution in [0, 0.1) is 11.8 Å². The van der Waals surface area contributed by atoms with Crippen molar-refractivity contribution in [1.82, 2.24) is 9.88 Å². The molecular weight excluding hydrogens is 302 g/mol. The Hall–Kier alpha value is -2.56. The highest BCUT2D eigenvalue weighted by atomic mass is 16.3. The van der Waals surface area contributed by atoms with E-state index >= 15 is 0 Å². The van der Waals surface area contributed by atoms with Gasteiger partial charge in [0.1, 0.15) is 5.75 Å². The summed E-state index contributed by atoms with van der Waals surface area (Å²) in [6.45, 7) is 3.65. The Morgan fingerprint density at radius 2 is 1.88 bits per heavy atom. The number of nitrogens with zero attached hydrogens (tertiary/aromatic N) is 3. The lowest BCUT2D eigenvalue weighted by Crippen LogP contribution is -2.40. The fourth-order valence-corrected chi connectivity index (χ4v) is 3.90. The molecule has 1 amide bonds. The summed E-state index contributed by atoms with van der Waals surface area (Å²) in [7, 11) is 0. The van der Waals surface area contributed by atoms with Crippen LogP contribution in [0.5, 0.6) is 5.75 Å². The number of rotatable bonds is 2. The number of hydrogen-bond donors (Lipinski definition) is 1. The third kappa shape index (κ3) is 2.82. The Morgan fingerprint density at radius 1 is 1.08 bits per heavy atom. The summed E-state index contributed by atoms with van der Waals surface area (Å²) >= 11 is 0. The van der Waals surface area contributed by atoms with Crippen molar-refractivity contribution in [3.63, 3.8) is 0 Å². The maximum Gasteiger partial charge on any atom is 0.253 e. The number of aromatic hydroxyl groups is 1. The molecule has 0 saturated carbocycles. The van der Waals surface area contributed by atoms with Crippen LogP contribution in [0.15, 0.2) is 48.8 Å². The average molecular weight is 323 g/mol. The predicted octanol–water partition coefficient (Wildman–Crippen LogP) is 2.39. The Labute approximate surface area is 141 Å². The van der Waals surface area contributed by atoms with Crippen LogP contribution in [0.2, 0.25) is 0 Å². The number of likely N-dealkylation sites (tertiary alicyclic amines) is 1. The molecule has 2 aromatic rings. The zero-order valence-electron chi connectivity index (χ0n) is 13.5. The summed E-state index contributed by atoms with van der Waals surface area (Å²) in [5.41, 5.74) is 1.81. The van der Waals surface area contributed by atoms with Crippen LogP contribution in [-0.2, 0) is 0 Å². The zero-order chi connectivity index (χ0) is 16.5. The van der Waals surface area contributed by atoms with Gasteiger partial charge in [0.25, 0.3) is 5.91 Å². The zero-order valence-corrected chi connectivity index (χ0v) is 13.5. The van der Waals surface area contributed by atoms with E-state index in [-0.39, 0.29) is 11.7 Å². The molecule has 1 N–H and O–H groups in total. The topological polar surface area (TPSA) is 56.7 Å². The number of phenols is 1. The highest BCUT2D eigenvalue weighted by molar-refractivity contribution is 5.94. The third-order valence-corrected chi connectivity index (χ3v) is 5.21. The van der Waals surface area contributed by atoms with Crippen LogP contribution in [0.25, 0.3) is 0 Å². The summed E-state index contributed by atoms with van der Waals surface area (Å²) in [4.78, 5) is 21.2. The fourth-order valence-electron chi connectivity index (χ4n) is 3.90. The van der Waals surface area contributed by atoms with Crippen LogP contribution >= 0.6 is 0 Å². The van der Waals surface area contributed by atoms with E-state index in [0.717, 1.165) is 32.6 Å². The first-order chi connectivity index (χ1) is 11.7. The van der Waals surface area contributed by atoms with E-state index in [1.54, 1.807) is 30.5 Å². The first-order valence-electron chi connectivity index (χ1n) is 8.44. The Morgan fingerprint density at radius 3 is 2.62 bits per heavy atom.